The van der Waals surface area contributed by atoms with Gasteiger partial charge in [-0.3, -0.25) is 19.5 Å². The second kappa shape index (κ2) is 11.0. The molecule has 34 heavy (non-hydrogen) atoms. The number of benzene rings is 2. The van der Waals surface area contributed by atoms with E-state index < -0.39 is 6.04 Å². The standard InChI is InChI=1S/C28H31N3O3/c1-20-14-16-23(17-15-20)31(28(33)25-13-6-7-18-29-25)26(21-9-8-12-24(19-21)34-2)27(32)30-22-10-4-3-5-11-22/h6-9,12-19,22,26H,3-5,10-11H2,1-2H3,(H,30,32). The smallest absolute Gasteiger partial charge is 0.277 e. The highest BCUT2D eigenvalue weighted by atomic mass is 16.5. The van der Waals surface area contributed by atoms with E-state index in [-0.39, 0.29) is 23.6 Å². The number of ether oxygens (including phenoxy) is 1. The summed E-state index contributed by atoms with van der Waals surface area (Å²) in [7, 11) is 1.59. The number of anilines is 1. The zero-order chi connectivity index (χ0) is 23.9. The Bertz CT molecular complexity index is 1110. The van der Waals surface area contributed by atoms with Crippen molar-refractivity contribution in [3.8, 4) is 5.75 Å². The molecule has 0 spiro atoms. The number of carbonyl (C=O) groups is 2. The number of aromatic nitrogens is 1. The number of amides is 2. The predicted molar refractivity (Wildman–Crippen MR) is 133 cm³/mol. The van der Waals surface area contributed by atoms with Crippen molar-refractivity contribution in [3.63, 3.8) is 0 Å². The number of rotatable bonds is 7. The minimum atomic E-state index is -0.880. The molecule has 0 saturated heterocycles. The van der Waals surface area contributed by atoms with Gasteiger partial charge in [0.1, 0.15) is 17.5 Å². The molecule has 0 bridgehead atoms. The summed E-state index contributed by atoms with van der Waals surface area (Å²) in [4.78, 5) is 33.5. The van der Waals surface area contributed by atoms with Crippen LogP contribution in [0.4, 0.5) is 5.69 Å². The van der Waals surface area contributed by atoms with Gasteiger partial charge in [0.15, 0.2) is 0 Å². The minimum absolute atomic E-state index is 0.110. The third-order valence-electron chi connectivity index (χ3n) is 6.28. The maximum atomic E-state index is 13.9. The lowest BCUT2D eigenvalue weighted by molar-refractivity contribution is -0.123. The summed E-state index contributed by atoms with van der Waals surface area (Å²) in [6.07, 6.45) is 6.89. The second-order valence-corrected chi connectivity index (χ2v) is 8.75. The number of carbonyl (C=O) groups excluding carboxylic acids is 2. The lowest BCUT2D eigenvalue weighted by Gasteiger charge is -2.33. The zero-order valence-electron chi connectivity index (χ0n) is 19.7. The number of methoxy groups -OCH3 is 1. The van der Waals surface area contributed by atoms with Crippen molar-refractivity contribution >= 4 is 17.5 Å². The summed E-state index contributed by atoms with van der Waals surface area (Å²) in [5.74, 6) is 0.0863. The molecule has 1 atom stereocenters. The largest absolute Gasteiger partial charge is 0.497 e. The first kappa shape index (κ1) is 23.5. The van der Waals surface area contributed by atoms with E-state index in [1.165, 1.54) is 6.42 Å². The van der Waals surface area contributed by atoms with Crippen LogP contribution in [-0.2, 0) is 4.79 Å². The Morgan fingerprint density at radius 3 is 2.44 bits per heavy atom. The first-order valence-electron chi connectivity index (χ1n) is 11.8. The molecule has 1 unspecified atom stereocenters. The predicted octanol–water partition coefficient (Wildman–Crippen LogP) is 5.24. The molecule has 1 heterocycles. The summed E-state index contributed by atoms with van der Waals surface area (Å²) in [6.45, 7) is 1.99. The quantitative estimate of drug-likeness (QED) is 0.527. The number of aryl methyl sites for hydroxylation is 1. The van der Waals surface area contributed by atoms with Gasteiger partial charge in [-0.15, -0.1) is 0 Å². The fourth-order valence-electron chi connectivity index (χ4n) is 4.46. The van der Waals surface area contributed by atoms with Gasteiger partial charge in [-0.1, -0.05) is 55.2 Å². The molecule has 176 valence electrons. The molecule has 2 aromatic carbocycles. The lowest BCUT2D eigenvalue weighted by atomic mass is 9.94. The van der Waals surface area contributed by atoms with Crippen LogP contribution in [0.25, 0.3) is 0 Å². The first-order chi connectivity index (χ1) is 16.6. The fraction of sp³-hybridized carbons (Fsp3) is 0.321. The van der Waals surface area contributed by atoms with E-state index in [0.717, 1.165) is 31.2 Å². The van der Waals surface area contributed by atoms with Crippen molar-refractivity contribution in [2.45, 2.75) is 51.1 Å². The Labute approximate surface area is 201 Å². The number of hydrogen-bond acceptors (Lipinski definition) is 4. The maximum absolute atomic E-state index is 13.9. The van der Waals surface area contributed by atoms with Crippen LogP contribution in [0.5, 0.6) is 5.75 Å². The highest BCUT2D eigenvalue weighted by Crippen LogP contribution is 2.32. The van der Waals surface area contributed by atoms with Gasteiger partial charge >= 0.3 is 0 Å². The third-order valence-corrected chi connectivity index (χ3v) is 6.28. The van der Waals surface area contributed by atoms with Gasteiger partial charge in [0.05, 0.1) is 7.11 Å². The molecule has 1 aliphatic carbocycles. The van der Waals surface area contributed by atoms with Crippen molar-refractivity contribution < 1.29 is 14.3 Å². The topological polar surface area (TPSA) is 71.5 Å². The summed E-state index contributed by atoms with van der Waals surface area (Å²) in [5.41, 5.74) is 2.66. The molecule has 1 aromatic heterocycles. The average Bonchev–Trinajstić information content (AvgIpc) is 2.88. The molecular formula is C28H31N3O3. The minimum Gasteiger partial charge on any atom is -0.497 e. The summed E-state index contributed by atoms with van der Waals surface area (Å²) < 4.78 is 5.43. The molecular weight excluding hydrogens is 426 g/mol. The molecule has 1 aliphatic rings. The number of pyridine rings is 1. The van der Waals surface area contributed by atoms with E-state index in [4.69, 9.17) is 4.74 Å². The van der Waals surface area contributed by atoms with Crippen LogP contribution in [0.3, 0.4) is 0 Å². The van der Waals surface area contributed by atoms with Crippen LogP contribution in [0.15, 0.2) is 72.9 Å². The molecule has 0 aliphatic heterocycles. The molecule has 0 radical (unpaired) electrons. The molecule has 6 nitrogen and oxygen atoms in total. The van der Waals surface area contributed by atoms with Crippen LogP contribution >= 0.6 is 0 Å². The van der Waals surface area contributed by atoms with Gasteiger partial charge in [0.25, 0.3) is 5.91 Å². The van der Waals surface area contributed by atoms with Crippen molar-refractivity contribution in [2.75, 3.05) is 12.0 Å². The summed E-state index contributed by atoms with van der Waals surface area (Å²) in [6, 6.07) is 19.4. The van der Waals surface area contributed by atoms with Crippen LogP contribution in [0.2, 0.25) is 0 Å². The molecule has 3 aromatic rings. The van der Waals surface area contributed by atoms with Crippen LogP contribution in [0.1, 0.15) is 59.8 Å². The van der Waals surface area contributed by atoms with Crippen molar-refractivity contribution in [1.29, 1.82) is 0 Å². The maximum Gasteiger partial charge on any atom is 0.277 e. The van der Waals surface area contributed by atoms with E-state index in [1.807, 2.05) is 55.5 Å². The van der Waals surface area contributed by atoms with Crippen LogP contribution in [-0.4, -0.2) is 29.9 Å². The fourth-order valence-corrected chi connectivity index (χ4v) is 4.46. The Morgan fingerprint density at radius 1 is 1.00 bits per heavy atom. The summed E-state index contributed by atoms with van der Waals surface area (Å²) in [5, 5.41) is 3.23. The Balaban J connectivity index is 1.81. The SMILES string of the molecule is COc1cccc(C(C(=O)NC2CCCCC2)N(C(=O)c2ccccn2)c2ccc(C)cc2)c1. The number of nitrogens with zero attached hydrogens (tertiary/aromatic N) is 2. The Kier molecular flexibility index (Phi) is 7.58. The molecule has 2 amide bonds. The van der Waals surface area contributed by atoms with E-state index in [0.29, 0.717) is 17.0 Å². The van der Waals surface area contributed by atoms with Gasteiger partial charge in [-0.05, 0) is 61.7 Å². The van der Waals surface area contributed by atoms with Gasteiger partial charge in [0.2, 0.25) is 5.91 Å². The first-order valence-corrected chi connectivity index (χ1v) is 11.8. The summed E-state index contributed by atoms with van der Waals surface area (Å²) >= 11 is 0. The molecule has 1 fully saturated rings. The van der Waals surface area contributed by atoms with Crippen LogP contribution in [0, 0.1) is 6.92 Å². The van der Waals surface area contributed by atoms with Gasteiger partial charge < -0.3 is 10.1 Å². The van der Waals surface area contributed by atoms with Crippen molar-refractivity contribution in [3.05, 3.63) is 89.7 Å². The Morgan fingerprint density at radius 2 is 1.76 bits per heavy atom. The van der Waals surface area contributed by atoms with Crippen molar-refractivity contribution in [2.24, 2.45) is 0 Å². The van der Waals surface area contributed by atoms with E-state index >= 15 is 0 Å². The molecule has 1 N–H and O–H groups in total. The zero-order valence-corrected chi connectivity index (χ0v) is 19.7. The highest BCUT2D eigenvalue weighted by molar-refractivity contribution is 6.09. The number of nitrogens with one attached hydrogen (secondary N) is 1. The second-order valence-electron chi connectivity index (χ2n) is 8.75. The molecule has 1 saturated carbocycles. The van der Waals surface area contributed by atoms with E-state index in [2.05, 4.69) is 10.3 Å². The van der Waals surface area contributed by atoms with Crippen molar-refractivity contribution in [1.82, 2.24) is 10.3 Å². The molecule has 6 heteroatoms. The van der Waals surface area contributed by atoms with Gasteiger partial charge in [-0.25, -0.2) is 0 Å². The van der Waals surface area contributed by atoms with Gasteiger partial charge in [0, 0.05) is 17.9 Å². The average molecular weight is 458 g/mol. The normalized spacial score (nSPS) is 14.8. The van der Waals surface area contributed by atoms with Crippen LogP contribution < -0.4 is 15.0 Å². The number of hydrogen-bond donors (Lipinski definition) is 1. The molecule has 4 rings (SSSR count). The Hall–Kier alpha value is -3.67. The monoisotopic (exact) mass is 457 g/mol. The van der Waals surface area contributed by atoms with Gasteiger partial charge in [-0.2, -0.15) is 0 Å². The third kappa shape index (κ3) is 5.45. The highest BCUT2D eigenvalue weighted by Gasteiger charge is 2.35. The lowest BCUT2D eigenvalue weighted by Crippen LogP contribution is -2.47. The van der Waals surface area contributed by atoms with E-state index in [9.17, 15) is 9.59 Å². The van der Waals surface area contributed by atoms with E-state index in [1.54, 1.807) is 36.4 Å².